The molecule has 4 aromatic rings. The summed E-state index contributed by atoms with van der Waals surface area (Å²) in [6.45, 7) is 0. The van der Waals surface area contributed by atoms with Gasteiger partial charge in [0.25, 0.3) is 0 Å². The molecule has 4 aromatic carbocycles. The van der Waals surface area contributed by atoms with Gasteiger partial charge in [0.1, 0.15) is 5.54 Å². The largest absolute Gasteiger partial charge is 0.287 e. The molecule has 138 valence electrons. The predicted octanol–water partition coefficient (Wildman–Crippen LogP) is 5.90. The third-order valence-electron chi connectivity index (χ3n) is 5.64. The van der Waals surface area contributed by atoms with E-state index in [1.54, 1.807) is 0 Å². The van der Waals surface area contributed by atoms with Crippen LogP contribution in [-0.2, 0) is 5.54 Å². The Hall–Kier alpha value is -3.87. The summed E-state index contributed by atoms with van der Waals surface area (Å²) in [5.74, 6) is 0. The van der Waals surface area contributed by atoms with Crippen molar-refractivity contribution in [1.29, 1.82) is 5.26 Å². The monoisotopic (exact) mass is 374 g/mol. The van der Waals surface area contributed by atoms with Gasteiger partial charge in [-0.1, -0.05) is 91.0 Å². The van der Waals surface area contributed by atoms with E-state index in [0.29, 0.717) is 11.3 Å². The Bertz CT molecular complexity index is 1230. The zero-order chi connectivity index (χ0) is 19.8. The van der Waals surface area contributed by atoms with Crippen LogP contribution in [-0.4, -0.2) is 5.21 Å². The molecular formula is C26H18N2O. The van der Waals surface area contributed by atoms with E-state index in [4.69, 9.17) is 0 Å². The lowest BCUT2D eigenvalue weighted by molar-refractivity contribution is 0.196. The van der Waals surface area contributed by atoms with Crippen molar-refractivity contribution in [3.8, 4) is 6.07 Å². The van der Waals surface area contributed by atoms with Gasteiger partial charge in [-0.25, -0.2) is 5.06 Å². The highest BCUT2D eigenvalue weighted by Crippen LogP contribution is 2.48. The van der Waals surface area contributed by atoms with Crippen molar-refractivity contribution < 1.29 is 5.21 Å². The lowest BCUT2D eigenvalue weighted by atomic mass is 9.76. The first kappa shape index (κ1) is 17.2. The second-order valence-electron chi connectivity index (χ2n) is 7.16. The first-order valence-electron chi connectivity index (χ1n) is 9.51. The van der Waals surface area contributed by atoms with Crippen LogP contribution < -0.4 is 5.06 Å². The van der Waals surface area contributed by atoms with Crippen molar-refractivity contribution in [2.75, 3.05) is 5.06 Å². The highest BCUT2D eigenvalue weighted by molar-refractivity contribution is 6.04. The van der Waals surface area contributed by atoms with E-state index in [2.05, 4.69) is 6.07 Å². The summed E-state index contributed by atoms with van der Waals surface area (Å²) in [7, 11) is 0. The van der Waals surface area contributed by atoms with E-state index in [0.717, 1.165) is 27.5 Å². The molecule has 29 heavy (non-hydrogen) atoms. The van der Waals surface area contributed by atoms with Crippen LogP contribution in [0.5, 0.6) is 0 Å². The second kappa shape index (κ2) is 6.63. The van der Waals surface area contributed by atoms with Crippen LogP contribution in [0.2, 0.25) is 0 Å². The van der Waals surface area contributed by atoms with Crippen LogP contribution >= 0.6 is 0 Å². The summed E-state index contributed by atoms with van der Waals surface area (Å²) in [6.07, 6.45) is 1.88. The maximum absolute atomic E-state index is 11.6. The Balaban J connectivity index is 1.89. The lowest BCUT2D eigenvalue weighted by Gasteiger charge is -2.43. The number of nitriles is 1. The summed E-state index contributed by atoms with van der Waals surface area (Å²) >= 11 is 0. The molecule has 0 atom stereocenters. The molecule has 0 radical (unpaired) electrons. The zero-order valence-corrected chi connectivity index (χ0v) is 15.7. The normalized spacial score (nSPS) is 14.8. The molecule has 3 nitrogen and oxygen atoms in total. The highest BCUT2D eigenvalue weighted by atomic mass is 16.5. The van der Waals surface area contributed by atoms with Crippen LogP contribution in [0.4, 0.5) is 5.69 Å². The lowest BCUT2D eigenvalue weighted by Crippen LogP contribution is -2.46. The van der Waals surface area contributed by atoms with Crippen molar-refractivity contribution in [3.63, 3.8) is 0 Å². The van der Waals surface area contributed by atoms with E-state index in [-0.39, 0.29) is 0 Å². The van der Waals surface area contributed by atoms with E-state index in [1.807, 2.05) is 103 Å². The number of hydrogen-bond donors (Lipinski definition) is 1. The van der Waals surface area contributed by atoms with Gasteiger partial charge >= 0.3 is 0 Å². The number of allylic oxidation sites excluding steroid dienone is 1. The Morgan fingerprint density at radius 1 is 0.724 bits per heavy atom. The number of hydrogen-bond acceptors (Lipinski definition) is 3. The molecule has 0 saturated carbocycles. The molecule has 1 aliphatic rings. The van der Waals surface area contributed by atoms with Gasteiger partial charge in [0.2, 0.25) is 0 Å². The minimum absolute atomic E-state index is 0.551. The van der Waals surface area contributed by atoms with Gasteiger partial charge in [-0.05, 0) is 34.0 Å². The van der Waals surface area contributed by atoms with E-state index in [9.17, 15) is 10.5 Å². The van der Waals surface area contributed by atoms with Crippen molar-refractivity contribution in [3.05, 3.63) is 120 Å². The average Bonchev–Trinajstić information content (AvgIpc) is 2.80. The van der Waals surface area contributed by atoms with Gasteiger partial charge < -0.3 is 0 Å². The van der Waals surface area contributed by atoms with Crippen LogP contribution in [0.15, 0.2) is 103 Å². The third kappa shape index (κ3) is 2.47. The molecule has 0 aliphatic carbocycles. The Labute approximate surface area is 169 Å². The summed E-state index contributed by atoms with van der Waals surface area (Å²) in [5.41, 5.74) is 2.71. The molecule has 5 rings (SSSR count). The van der Waals surface area contributed by atoms with Crippen LogP contribution in [0.1, 0.15) is 16.7 Å². The van der Waals surface area contributed by atoms with Crippen molar-refractivity contribution in [1.82, 2.24) is 0 Å². The van der Waals surface area contributed by atoms with Gasteiger partial charge in [0, 0.05) is 5.56 Å². The van der Waals surface area contributed by atoms with Crippen molar-refractivity contribution in [2.45, 2.75) is 5.54 Å². The first-order chi connectivity index (χ1) is 14.3. The van der Waals surface area contributed by atoms with E-state index in [1.165, 1.54) is 5.06 Å². The van der Waals surface area contributed by atoms with Gasteiger partial charge in [-0.15, -0.1) is 0 Å². The topological polar surface area (TPSA) is 47.3 Å². The summed E-state index contributed by atoms with van der Waals surface area (Å²) in [6, 6.07) is 33.8. The Morgan fingerprint density at radius 3 is 1.93 bits per heavy atom. The molecule has 1 aliphatic heterocycles. The van der Waals surface area contributed by atoms with Crippen LogP contribution in [0.25, 0.3) is 16.3 Å². The number of nitrogens with zero attached hydrogens (tertiary/aromatic N) is 2. The summed E-state index contributed by atoms with van der Waals surface area (Å²) in [4.78, 5) is 0. The molecule has 0 fully saturated rings. The molecule has 0 aromatic heterocycles. The third-order valence-corrected chi connectivity index (χ3v) is 5.64. The molecule has 1 heterocycles. The van der Waals surface area contributed by atoms with Crippen LogP contribution in [0.3, 0.4) is 0 Å². The predicted molar refractivity (Wildman–Crippen MR) is 115 cm³/mol. The maximum Gasteiger partial charge on any atom is 0.137 e. The van der Waals surface area contributed by atoms with Crippen molar-refractivity contribution in [2.24, 2.45) is 0 Å². The maximum atomic E-state index is 11.6. The second-order valence-corrected chi connectivity index (χ2v) is 7.16. The first-order valence-corrected chi connectivity index (χ1v) is 9.51. The summed E-state index contributed by atoms with van der Waals surface area (Å²) < 4.78 is 0. The molecule has 3 heteroatoms. The molecule has 0 spiro atoms. The van der Waals surface area contributed by atoms with Gasteiger partial charge in [0.05, 0.1) is 17.3 Å². The highest BCUT2D eigenvalue weighted by Gasteiger charge is 2.43. The molecule has 0 saturated heterocycles. The Kier molecular flexibility index (Phi) is 3.94. The molecule has 0 amide bonds. The fourth-order valence-electron chi connectivity index (χ4n) is 4.30. The Morgan fingerprint density at radius 2 is 1.31 bits per heavy atom. The van der Waals surface area contributed by atoms with Gasteiger partial charge in [-0.3, -0.25) is 5.21 Å². The molecule has 0 unspecified atom stereocenters. The van der Waals surface area contributed by atoms with Crippen LogP contribution in [0, 0.1) is 11.3 Å². The fourth-order valence-corrected chi connectivity index (χ4v) is 4.30. The minimum Gasteiger partial charge on any atom is -0.287 e. The molecular weight excluding hydrogens is 356 g/mol. The smallest absolute Gasteiger partial charge is 0.137 e. The van der Waals surface area contributed by atoms with Gasteiger partial charge in [-0.2, -0.15) is 5.26 Å². The SMILES string of the molecule is N#CC1=CC(c2ccccc2)(c2ccccc2)N(O)c2ccc3ccccc3c21. The molecule has 1 N–H and O–H groups in total. The number of fused-ring (bicyclic) bond motifs is 3. The number of rotatable bonds is 2. The van der Waals surface area contributed by atoms with E-state index < -0.39 is 5.54 Å². The average molecular weight is 374 g/mol. The number of benzene rings is 4. The van der Waals surface area contributed by atoms with E-state index >= 15 is 0 Å². The summed E-state index contributed by atoms with van der Waals surface area (Å²) in [5, 5.41) is 25.0. The molecule has 0 bridgehead atoms. The number of anilines is 1. The van der Waals surface area contributed by atoms with Gasteiger partial charge in [0.15, 0.2) is 0 Å². The number of hydroxylamine groups is 1. The van der Waals surface area contributed by atoms with Crippen molar-refractivity contribution >= 4 is 22.0 Å². The standard InChI is InChI=1S/C26H18N2O/c27-18-20-17-26(21-10-3-1-4-11-21,22-12-5-2-6-13-22)28(29)24-16-15-19-9-7-8-14-23(19)25(20)24/h1-17,29H. The quantitative estimate of drug-likeness (QED) is 0.475. The minimum atomic E-state index is -0.997. The zero-order valence-electron chi connectivity index (χ0n) is 15.7. The fraction of sp³-hybridized carbons (Fsp3) is 0.0385.